The normalized spacial score (nSPS) is 10.4. The van der Waals surface area contributed by atoms with Crippen molar-refractivity contribution in [2.45, 2.75) is 11.3 Å². The molecular weight excluding hydrogens is 321 g/mol. The lowest BCUT2D eigenvalue weighted by molar-refractivity contribution is -0.387. The molecule has 0 N–H and O–H groups in total. The van der Waals surface area contributed by atoms with E-state index in [1.54, 1.807) is 0 Å². The molecule has 0 unspecified atom stereocenters. The average molecular weight is 329 g/mol. The molecule has 0 aliphatic heterocycles. The van der Waals surface area contributed by atoms with Crippen LogP contribution in [-0.4, -0.2) is 16.6 Å². The third-order valence-corrected chi connectivity index (χ3v) is 3.74. The Hall–Kier alpha value is -0.330. The van der Waals surface area contributed by atoms with Crippen molar-refractivity contribution in [3.05, 3.63) is 32.5 Å². The number of hydrogen-bond donors (Lipinski definition) is 0. The summed E-state index contributed by atoms with van der Waals surface area (Å²) in [6.07, 6.45) is 0.723. The predicted octanol–water partition coefficient (Wildman–Crippen LogP) is 4.22. The summed E-state index contributed by atoms with van der Waals surface area (Å²) in [4.78, 5) is 10.5. The van der Waals surface area contributed by atoms with Gasteiger partial charge in [-0.1, -0.05) is 0 Å². The van der Waals surface area contributed by atoms with Crippen LogP contribution in [0.3, 0.4) is 0 Å². The summed E-state index contributed by atoms with van der Waals surface area (Å²) in [5.74, 6) is 0.615. The van der Waals surface area contributed by atoms with Gasteiger partial charge in [0.15, 0.2) is 0 Å². The summed E-state index contributed by atoms with van der Waals surface area (Å²) in [5.41, 5.74) is -0.0900. The van der Waals surface area contributed by atoms with E-state index in [1.807, 2.05) is 0 Å². The van der Waals surface area contributed by atoms with Gasteiger partial charge in [0.25, 0.3) is 5.69 Å². The van der Waals surface area contributed by atoms with Crippen molar-refractivity contribution >= 4 is 45.0 Å². The fourth-order valence-corrected chi connectivity index (χ4v) is 2.61. The maximum atomic E-state index is 13.2. The first-order chi connectivity index (χ1) is 7.56. The van der Waals surface area contributed by atoms with Crippen molar-refractivity contribution < 1.29 is 9.31 Å². The zero-order valence-electron chi connectivity index (χ0n) is 8.08. The number of nitrogens with zero attached hydrogens (tertiary/aromatic N) is 1. The number of halogens is 3. The molecule has 0 aromatic heterocycles. The highest BCUT2D eigenvalue weighted by Crippen LogP contribution is 2.33. The molecule has 0 bridgehead atoms. The molecule has 0 atom stereocenters. The van der Waals surface area contributed by atoms with Crippen molar-refractivity contribution in [3.8, 4) is 0 Å². The Morgan fingerprint density at radius 2 is 2.25 bits per heavy atom. The molecule has 1 rings (SSSR count). The first-order valence-electron chi connectivity index (χ1n) is 4.38. The van der Waals surface area contributed by atoms with Crippen LogP contribution < -0.4 is 0 Å². The molecule has 0 saturated heterocycles. The quantitative estimate of drug-likeness (QED) is 0.267. The number of benzene rings is 1. The Bertz CT molecular complexity index is 405. The molecule has 7 heteroatoms. The highest BCUT2D eigenvalue weighted by atomic mass is 79.9. The van der Waals surface area contributed by atoms with Crippen molar-refractivity contribution in [2.24, 2.45) is 0 Å². The second-order valence-corrected chi connectivity index (χ2v) is 5.25. The Labute approximate surface area is 110 Å². The van der Waals surface area contributed by atoms with Gasteiger partial charge in [-0.2, -0.15) is 0 Å². The summed E-state index contributed by atoms with van der Waals surface area (Å²) in [5, 5.41) is 10.7. The molecule has 0 saturated carbocycles. The highest BCUT2D eigenvalue weighted by Gasteiger charge is 2.17. The van der Waals surface area contributed by atoms with Crippen molar-refractivity contribution in [1.29, 1.82) is 0 Å². The number of hydrogen-bond acceptors (Lipinski definition) is 3. The fraction of sp³-hybridized carbons (Fsp3) is 0.333. The third-order valence-electron chi connectivity index (χ3n) is 1.73. The van der Waals surface area contributed by atoms with Gasteiger partial charge in [-0.25, -0.2) is 4.39 Å². The molecule has 0 radical (unpaired) electrons. The van der Waals surface area contributed by atoms with E-state index in [0.29, 0.717) is 16.5 Å². The van der Waals surface area contributed by atoms with Gasteiger partial charge in [-0.3, -0.25) is 10.1 Å². The van der Waals surface area contributed by atoms with Gasteiger partial charge < -0.3 is 0 Å². The van der Waals surface area contributed by atoms with Crippen molar-refractivity contribution in [3.63, 3.8) is 0 Å². The Morgan fingerprint density at radius 3 is 2.81 bits per heavy atom. The molecular formula is C9H8BrClFNO2S. The van der Waals surface area contributed by atoms with Crippen LogP contribution in [0.15, 0.2) is 21.5 Å². The standard InChI is InChI=1S/C9H8BrClFNO2S/c10-6-4-8(13(14)15)9(5-7(6)12)16-3-1-2-11/h4-5H,1-3H2. The van der Waals surface area contributed by atoms with Gasteiger partial charge in [0.2, 0.25) is 0 Å². The summed E-state index contributed by atoms with van der Waals surface area (Å²) in [6, 6.07) is 2.35. The van der Waals surface area contributed by atoms with Gasteiger partial charge in [-0.15, -0.1) is 23.4 Å². The van der Waals surface area contributed by atoms with E-state index in [2.05, 4.69) is 15.9 Å². The smallest absolute Gasteiger partial charge is 0.258 e. The third kappa shape index (κ3) is 3.61. The van der Waals surface area contributed by atoms with Crippen molar-refractivity contribution in [1.82, 2.24) is 0 Å². The number of nitro benzene ring substituents is 1. The van der Waals surface area contributed by atoms with Crippen LogP contribution in [-0.2, 0) is 0 Å². The summed E-state index contributed by atoms with van der Waals surface area (Å²) in [6.45, 7) is 0. The minimum atomic E-state index is -0.521. The Kier molecular flexibility index (Phi) is 5.51. The number of thioether (sulfide) groups is 1. The zero-order chi connectivity index (χ0) is 12.1. The van der Waals surface area contributed by atoms with Crippen LogP contribution in [0, 0.1) is 15.9 Å². The van der Waals surface area contributed by atoms with Gasteiger partial charge >= 0.3 is 0 Å². The van der Waals surface area contributed by atoms with E-state index in [4.69, 9.17) is 11.6 Å². The molecule has 88 valence electrons. The van der Waals surface area contributed by atoms with Gasteiger partial charge in [-0.05, 0) is 34.2 Å². The van der Waals surface area contributed by atoms with Crippen LogP contribution in [0.4, 0.5) is 10.1 Å². The van der Waals surface area contributed by atoms with Crippen LogP contribution in [0.25, 0.3) is 0 Å². The Morgan fingerprint density at radius 1 is 1.56 bits per heavy atom. The molecule has 1 aromatic carbocycles. The maximum Gasteiger partial charge on any atom is 0.284 e. The number of rotatable bonds is 5. The molecule has 0 amide bonds. The van der Waals surface area contributed by atoms with Crippen LogP contribution in [0.5, 0.6) is 0 Å². The molecule has 0 fully saturated rings. The maximum absolute atomic E-state index is 13.2. The molecule has 0 heterocycles. The van der Waals surface area contributed by atoms with Gasteiger partial charge in [0.1, 0.15) is 5.82 Å². The first kappa shape index (κ1) is 13.7. The topological polar surface area (TPSA) is 43.1 Å². The van der Waals surface area contributed by atoms with E-state index >= 15 is 0 Å². The average Bonchev–Trinajstić information content (AvgIpc) is 2.23. The zero-order valence-corrected chi connectivity index (χ0v) is 11.2. The summed E-state index contributed by atoms with van der Waals surface area (Å²) < 4.78 is 13.3. The minimum absolute atomic E-state index is 0.0900. The monoisotopic (exact) mass is 327 g/mol. The van der Waals surface area contributed by atoms with Crippen LogP contribution >= 0.6 is 39.3 Å². The molecule has 0 spiro atoms. The summed E-state index contributed by atoms with van der Waals surface area (Å²) >= 11 is 9.65. The minimum Gasteiger partial charge on any atom is -0.258 e. The van der Waals surface area contributed by atoms with Crippen LogP contribution in [0.1, 0.15) is 6.42 Å². The number of nitro groups is 1. The van der Waals surface area contributed by atoms with Gasteiger partial charge in [0.05, 0.1) is 14.3 Å². The second-order valence-electron chi connectivity index (χ2n) is 2.88. The van der Waals surface area contributed by atoms with E-state index < -0.39 is 10.7 Å². The van der Waals surface area contributed by atoms with E-state index in [9.17, 15) is 14.5 Å². The number of alkyl halides is 1. The van der Waals surface area contributed by atoms with E-state index in [-0.39, 0.29) is 10.2 Å². The SMILES string of the molecule is O=[N+]([O-])c1cc(Br)c(F)cc1SCCCCl. The highest BCUT2D eigenvalue weighted by molar-refractivity contribution is 9.10. The lowest BCUT2D eigenvalue weighted by Gasteiger charge is -2.03. The first-order valence-corrected chi connectivity index (χ1v) is 6.69. The lowest BCUT2D eigenvalue weighted by Crippen LogP contribution is -1.94. The molecule has 0 aliphatic carbocycles. The summed E-state index contributed by atoms with van der Waals surface area (Å²) in [7, 11) is 0. The van der Waals surface area contributed by atoms with Gasteiger partial charge in [0, 0.05) is 11.9 Å². The largest absolute Gasteiger partial charge is 0.284 e. The molecule has 16 heavy (non-hydrogen) atoms. The van der Waals surface area contributed by atoms with E-state index in [1.165, 1.54) is 23.9 Å². The molecule has 0 aliphatic rings. The van der Waals surface area contributed by atoms with Crippen molar-refractivity contribution in [2.75, 3.05) is 11.6 Å². The molecule has 3 nitrogen and oxygen atoms in total. The van der Waals surface area contributed by atoms with Crippen LogP contribution in [0.2, 0.25) is 0 Å². The lowest BCUT2D eigenvalue weighted by atomic mass is 10.3. The fourth-order valence-electron chi connectivity index (χ4n) is 1.01. The van der Waals surface area contributed by atoms with E-state index in [0.717, 1.165) is 6.42 Å². The Balaban J connectivity index is 2.95. The molecule has 1 aromatic rings. The predicted molar refractivity (Wildman–Crippen MR) is 66.8 cm³/mol. The second kappa shape index (κ2) is 6.42.